The molecule has 0 heterocycles. The molecular formula is C40H54O4. The minimum atomic E-state index is -0.315. The molecule has 0 spiro atoms. The lowest BCUT2D eigenvalue weighted by Gasteiger charge is -2.29. The maximum absolute atomic E-state index is 11.1. The van der Waals surface area contributed by atoms with E-state index in [0.29, 0.717) is 25.0 Å². The van der Waals surface area contributed by atoms with E-state index in [0.717, 1.165) is 37.5 Å². The average Bonchev–Trinajstić information content (AvgIpc) is 3.08. The number of carbonyl (C=O) groups excluding carboxylic acids is 2. The summed E-state index contributed by atoms with van der Waals surface area (Å²) in [5.74, 6) is 2.44. The molecule has 2 fully saturated rings. The molecule has 0 amide bonds. The Bertz CT molecular complexity index is 1150. The highest BCUT2D eigenvalue weighted by atomic mass is 16.5. The van der Waals surface area contributed by atoms with Crippen molar-refractivity contribution in [2.75, 3.05) is 13.2 Å². The van der Waals surface area contributed by atoms with E-state index in [4.69, 9.17) is 9.47 Å². The van der Waals surface area contributed by atoms with Crippen molar-refractivity contribution in [2.24, 2.45) is 11.8 Å². The van der Waals surface area contributed by atoms with Crippen molar-refractivity contribution in [1.29, 1.82) is 0 Å². The van der Waals surface area contributed by atoms with E-state index >= 15 is 0 Å². The first kappa shape index (κ1) is 33.7. The van der Waals surface area contributed by atoms with Crippen LogP contribution in [0.15, 0.2) is 73.8 Å². The number of unbranched alkanes of at least 4 members (excludes halogenated alkanes) is 4. The molecule has 0 atom stereocenters. The van der Waals surface area contributed by atoms with Gasteiger partial charge in [0.1, 0.15) is 0 Å². The number of hydrogen-bond acceptors (Lipinski definition) is 4. The van der Waals surface area contributed by atoms with Crippen LogP contribution in [0.25, 0.3) is 11.1 Å². The maximum Gasteiger partial charge on any atom is 0.330 e. The molecule has 2 saturated carbocycles. The van der Waals surface area contributed by atoms with Gasteiger partial charge in [-0.05, 0) is 117 Å². The van der Waals surface area contributed by atoms with Gasteiger partial charge < -0.3 is 9.47 Å². The van der Waals surface area contributed by atoms with Gasteiger partial charge in [0.15, 0.2) is 0 Å². The summed E-state index contributed by atoms with van der Waals surface area (Å²) in [5.41, 5.74) is 5.63. The fourth-order valence-corrected chi connectivity index (χ4v) is 7.35. The van der Waals surface area contributed by atoms with Crippen molar-refractivity contribution in [2.45, 2.75) is 115 Å². The van der Waals surface area contributed by atoms with Gasteiger partial charge in [0.2, 0.25) is 0 Å². The maximum atomic E-state index is 11.1. The molecular weight excluding hydrogens is 544 g/mol. The third kappa shape index (κ3) is 11.1. The van der Waals surface area contributed by atoms with Gasteiger partial charge in [-0.3, -0.25) is 0 Å². The fourth-order valence-electron chi connectivity index (χ4n) is 7.35. The highest BCUT2D eigenvalue weighted by molar-refractivity contribution is 5.81. The van der Waals surface area contributed by atoms with E-state index in [1.54, 1.807) is 0 Å². The monoisotopic (exact) mass is 598 g/mol. The summed E-state index contributed by atoms with van der Waals surface area (Å²) in [7, 11) is 0. The molecule has 0 radical (unpaired) electrons. The number of esters is 2. The Labute approximate surface area is 266 Å². The largest absolute Gasteiger partial charge is 0.463 e. The van der Waals surface area contributed by atoms with Crippen LogP contribution in [0.4, 0.5) is 0 Å². The number of hydrogen-bond donors (Lipinski definition) is 0. The summed E-state index contributed by atoms with van der Waals surface area (Å²) >= 11 is 0. The number of benzene rings is 2. The van der Waals surface area contributed by atoms with Crippen LogP contribution in [0.1, 0.15) is 126 Å². The predicted octanol–water partition coefficient (Wildman–Crippen LogP) is 10.5. The lowest BCUT2D eigenvalue weighted by atomic mass is 9.76. The molecule has 0 aliphatic heterocycles. The van der Waals surface area contributed by atoms with Crippen molar-refractivity contribution in [3.63, 3.8) is 0 Å². The third-order valence-electron chi connectivity index (χ3n) is 10.1. The molecule has 0 saturated heterocycles. The summed E-state index contributed by atoms with van der Waals surface area (Å²) in [6.07, 6.45) is 22.2. The molecule has 2 aliphatic carbocycles. The Kier molecular flexibility index (Phi) is 14.3. The molecule has 0 bridgehead atoms. The van der Waals surface area contributed by atoms with Gasteiger partial charge in [-0.25, -0.2) is 9.59 Å². The van der Waals surface area contributed by atoms with Crippen LogP contribution in [-0.4, -0.2) is 25.2 Å². The normalized spacial score (nSPS) is 21.7. The number of rotatable bonds is 17. The molecule has 4 nitrogen and oxygen atoms in total. The number of ether oxygens (including phenoxy) is 2. The van der Waals surface area contributed by atoms with Gasteiger partial charge in [-0.1, -0.05) is 93.8 Å². The van der Waals surface area contributed by atoms with Crippen molar-refractivity contribution in [3.8, 4) is 11.1 Å². The predicted molar refractivity (Wildman–Crippen MR) is 181 cm³/mol. The second kappa shape index (κ2) is 18.6. The lowest BCUT2D eigenvalue weighted by Crippen LogP contribution is -2.13. The van der Waals surface area contributed by atoms with Gasteiger partial charge in [0, 0.05) is 12.2 Å². The molecule has 238 valence electrons. The van der Waals surface area contributed by atoms with Crippen LogP contribution in [0.2, 0.25) is 0 Å². The zero-order valence-electron chi connectivity index (χ0n) is 26.9. The van der Waals surface area contributed by atoms with Crippen LogP contribution in [-0.2, 0) is 19.1 Å². The van der Waals surface area contributed by atoms with Crippen molar-refractivity contribution in [3.05, 3.63) is 85.0 Å². The van der Waals surface area contributed by atoms with Gasteiger partial charge >= 0.3 is 11.9 Å². The molecule has 2 aromatic rings. The highest BCUT2D eigenvalue weighted by Crippen LogP contribution is 2.40. The van der Waals surface area contributed by atoms with Gasteiger partial charge in [0.25, 0.3) is 0 Å². The Balaban J connectivity index is 1.12. The summed E-state index contributed by atoms with van der Waals surface area (Å²) in [6, 6.07) is 18.8. The molecule has 2 aromatic carbocycles. The first-order valence-electron chi connectivity index (χ1n) is 17.3. The van der Waals surface area contributed by atoms with Crippen molar-refractivity contribution in [1.82, 2.24) is 0 Å². The second-order valence-corrected chi connectivity index (χ2v) is 13.1. The van der Waals surface area contributed by atoms with Crippen LogP contribution in [0, 0.1) is 11.8 Å². The SMILES string of the molecule is C=CC(=O)OCCCCCCC1CCC(c2ccc(-c3ccc(C4CCC(CCCCOC(=O)C=C)CC4)cc3)cc2)CC1. The third-order valence-corrected chi connectivity index (χ3v) is 10.1. The van der Waals surface area contributed by atoms with Crippen LogP contribution >= 0.6 is 0 Å². The molecule has 0 aromatic heterocycles. The Hall–Kier alpha value is -3.14. The van der Waals surface area contributed by atoms with E-state index in [1.165, 1.54) is 111 Å². The summed E-state index contributed by atoms with van der Waals surface area (Å²) in [6.45, 7) is 7.90. The Morgan fingerprint density at radius 2 is 0.909 bits per heavy atom. The van der Waals surface area contributed by atoms with Crippen LogP contribution in [0.3, 0.4) is 0 Å². The van der Waals surface area contributed by atoms with E-state index in [9.17, 15) is 9.59 Å². The van der Waals surface area contributed by atoms with E-state index in [1.807, 2.05) is 0 Å². The Morgan fingerprint density at radius 3 is 1.32 bits per heavy atom. The Morgan fingerprint density at radius 1 is 0.545 bits per heavy atom. The van der Waals surface area contributed by atoms with E-state index in [-0.39, 0.29) is 11.9 Å². The van der Waals surface area contributed by atoms with Gasteiger partial charge in [-0.2, -0.15) is 0 Å². The number of carbonyl (C=O) groups is 2. The van der Waals surface area contributed by atoms with Crippen molar-refractivity contribution < 1.29 is 19.1 Å². The molecule has 4 rings (SSSR count). The minimum Gasteiger partial charge on any atom is -0.463 e. The fraction of sp³-hybridized carbons (Fsp3) is 0.550. The minimum absolute atomic E-state index is 0.314. The zero-order chi connectivity index (χ0) is 31.0. The van der Waals surface area contributed by atoms with E-state index in [2.05, 4.69) is 61.7 Å². The van der Waals surface area contributed by atoms with Crippen LogP contribution < -0.4 is 0 Å². The quantitative estimate of drug-likeness (QED) is 0.103. The smallest absolute Gasteiger partial charge is 0.330 e. The first-order valence-corrected chi connectivity index (χ1v) is 17.3. The molecule has 2 aliphatic rings. The van der Waals surface area contributed by atoms with Crippen molar-refractivity contribution >= 4 is 11.9 Å². The van der Waals surface area contributed by atoms with E-state index < -0.39 is 0 Å². The summed E-state index contributed by atoms with van der Waals surface area (Å²) in [4.78, 5) is 22.2. The standard InChI is InChI=1S/C40H54O4/c1-3-39(41)43-29-9-6-5-7-11-31-13-17-33(18-14-31)35-21-25-37(26-22-35)38-27-23-36(24-28-38)34-19-15-32(16-20-34)12-8-10-30-44-40(42)4-2/h3-4,21-28,31-34H,1-2,5-20,29-30H2. The molecule has 44 heavy (non-hydrogen) atoms. The summed E-state index contributed by atoms with van der Waals surface area (Å²) in [5, 5.41) is 0. The second-order valence-electron chi connectivity index (χ2n) is 13.1. The molecule has 0 N–H and O–H groups in total. The average molecular weight is 599 g/mol. The zero-order valence-corrected chi connectivity index (χ0v) is 26.9. The first-order chi connectivity index (χ1) is 21.6. The topological polar surface area (TPSA) is 52.6 Å². The molecule has 4 heteroatoms. The molecule has 0 unspecified atom stereocenters. The highest BCUT2D eigenvalue weighted by Gasteiger charge is 2.23. The summed E-state index contributed by atoms with van der Waals surface area (Å²) < 4.78 is 10.2. The van der Waals surface area contributed by atoms with Gasteiger partial charge in [-0.15, -0.1) is 0 Å². The lowest BCUT2D eigenvalue weighted by molar-refractivity contribution is -0.138. The van der Waals surface area contributed by atoms with Gasteiger partial charge in [0.05, 0.1) is 13.2 Å². The van der Waals surface area contributed by atoms with Crippen LogP contribution in [0.5, 0.6) is 0 Å².